The van der Waals surface area contributed by atoms with E-state index in [1.165, 1.54) is 7.11 Å². The number of ether oxygens (including phenoxy) is 1. The van der Waals surface area contributed by atoms with Gasteiger partial charge in [-0.2, -0.15) is 0 Å². The third kappa shape index (κ3) is 1.69. The smallest absolute Gasteiger partial charge is 0.168 e. The Labute approximate surface area is 80.5 Å². The van der Waals surface area contributed by atoms with Crippen molar-refractivity contribution < 1.29 is 17.9 Å². The van der Waals surface area contributed by atoms with Crippen molar-refractivity contribution in [2.45, 2.75) is 19.8 Å². The molecule has 78 valence electrons. The fourth-order valence-corrected chi connectivity index (χ4v) is 1.32. The van der Waals surface area contributed by atoms with E-state index >= 15 is 0 Å². The van der Waals surface area contributed by atoms with Crippen molar-refractivity contribution in [1.29, 1.82) is 0 Å². The van der Waals surface area contributed by atoms with E-state index in [0.29, 0.717) is 6.07 Å². The molecule has 4 heteroatoms. The second-order valence-electron chi connectivity index (χ2n) is 3.26. The summed E-state index contributed by atoms with van der Waals surface area (Å²) in [5, 5.41) is 0. The second-order valence-corrected chi connectivity index (χ2v) is 3.26. The molecule has 1 aromatic carbocycles. The topological polar surface area (TPSA) is 9.23 Å². The maximum absolute atomic E-state index is 13.3. The van der Waals surface area contributed by atoms with Crippen LogP contribution in [0.4, 0.5) is 13.2 Å². The summed E-state index contributed by atoms with van der Waals surface area (Å²) in [4.78, 5) is 0. The lowest BCUT2D eigenvalue weighted by molar-refractivity contribution is 0.365. The van der Waals surface area contributed by atoms with Crippen molar-refractivity contribution >= 4 is 0 Å². The van der Waals surface area contributed by atoms with E-state index in [4.69, 9.17) is 4.74 Å². The number of rotatable bonds is 2. The summed E-state index contributed by atoms with van der Waals surface area (Å²) in [7, 11) is 1.22. The predicted octanol–water partition coefficient (Wildman–Crippen LogP) is 3.24. The van der Waals surface area contributed by atoms with E-state index in [1.54, 1.807) is 13.8 Å². The van der Waals surface area contributed by atoms with Crippen LogP contribution in [0.2, 0.25) is 0 Å². The summed E-state index contributed by atoms with van der Waals surface area (Å²) >= 11 is 0. The molecule has 0 aliphatic carbocycles. The molecule has 0 amide bonds. The van der Waals surface area contributed by atoms with Gasteiger partial charge in [-0.25, -0.2) is 13.2 Å². The van der Waals surface area contributed by atoms with Crippen molar-refractivity contribution in [3.8, 4) is 5.75 Å². The third-order valence-electron chi connectivity index (χ3n) is 1.94. The molecule has 1 nitrogen and oxygen atoms in total. The number of methoxy groups -OCH3 is 1. The number of hydrogen-bond acceptors (Lipinski definition) is 1. The Morgan fingerprint density at radius 2 is 1.71 bits per heavy atom. The molecule has 0 fully saturated rings. The quantitative estimate of drug-likeness (QED) is 0.672. The lowest BCUT2D eigenvalue weighted by Gasteiger charge is -2.13. The Kier molecular flexibility index (Phi) is 3.03. The van der Waals surface area contributed by atoms with E-state index in [-0.39, 0.29) is 17.2 Å². The molecule has 0 aliphatic heterocycles. The highest BCUT2D eigenvalue weighted by Gasteiger charge is 2.21. The molecule has 0 aliphatic rings. The summed E-state index contributed by atoms with van der Waals surface area (Å²) in [5.41, 5.74) is -0.0648. The molecule has 0 radical (unpaired) electrons. The Morgan fingerprint density at radius 3 is 2.14 bits per heavy atom. The predicted molar refractivity (Wildman–Crippen MR) is 47.0 cm³/mol. The zero-order chi connectivity index (χ0) is 10.9. The van der Waals surface area contributed by atoms with Gasteiger partial charge in [0, 0.05) is 11.6 Å². The highest BCUT2D eigenvalue weighted by Crippen LogP contribution is 2.32. The van der Waals surface area contributed by atoms with Crippen LogP contribution in [0.15, 0.2) is 6.07 Å². The Morgan fingerprint density at radius 1 is 1.14 bits per heavy atom. The molecule has 1 rings (SSSR count). The van der Waals surface area contributed by atoms with Crippen LogP contribution in [-0.4, -0.2) is 7.11 Å². The minimum Gasteiger partial charge on any atom is -0.493 e. The van der Waals surface area contributed by atoms with E-state index < -0.39 is 17.5 Å². The SMILES string of the molecule is COc1c(F)cc(F)c(F)c1C(C)C. The second kappa shape index (κ2) is 3.90. The van der Waals surface area contributed by atoms with Crippen LogP contribution < -0.4 is 4.74 Å². The highest BCUT2D eigenvalue weighted by atomic mass is 19.2. The van der Waals surface area contributed by atoms with Gasteiger partial charge in [0.1, 0.15) is 0 Å². The van der Waals surface area contributed by atoms with Crippen LogP contribution in [0, 0.1) is 17.5 Å². The first-order valence-electron chi connectivity index (χ1n) is 4.20. The molecular weight excluding hydrogens is 193 g/mol. The van der Waals surface area contributed by atoms with Crippen LogP contribution in [0.5, 0.6) is 5.75 Å². The molecule has 0 saturated carbocycles. The molecule has 0 saturated heterocycles. The largest absolute Gasteiger partial charge is 0.493 e. The molecule has 0 heterocycles. The number of benzene rings is 1. The molecule has 0 spiro atoms. The van der Waals surface area contributed by atoms with Crippen molar-refractivity contribution in [1.82, 2.24) is 0 Å². The zero-order valence-corrected chi connectivity index (χ0v) is 8.20. The van der Waals surface area contributed by atoms with Crippen molar-refractivity contribution in [2.24, 2.45) is 0 Å². The Hall–Kier alpha value is -1.19. The molecular formula is C10H11F3O. The van der Waals surface area contributed by atoms with Gasteiger partial charge in [-0.05, 0) is 5.92 Å². The lowest BCUT2D eigenvalue weighted by atomic mass is 10.0. The van der Waals surface area contributed by atoms with Crippen LogP contribution in [-0.2, 0) is 0 Å². The van der Waals surface area contributed by atoms with Crippen molar-refractivity contribution in [2.75, 3.05) is 7.11 Å². The summed E-state index contributed by atoms with van der Waals surface area (Å²) < 4.78 is 43.9. The summed E-state index contributed by atoms with van der Waals surface area (Å²) in [5.74, 6) is -3.67. The van der Waals surface area contributed by atoms with Crippen molar-refractivity contribution in [3.63, 3.8) is 0 Å². The van der Waals surface area contributed by atoms with Crippen LogP contribution >= 0.6 is 0 Å². The molecule has 1 aromatic rings. The van der Waals surface area contributed by atoms with E-state index in [0.717, 1.165) is 0 Å². The normalized spacial score (nSPS) is 10.8. The molecule has 0 aromatic heterocycles. The van der Waals surface area contributed by atoms with Gasteiger partial charge in [0.15, 0.2) is 23.2 Å². The minimum absolute atomic E-state index is 0.0648. The Bertz CT molecular complexity index is 348. The fourth-order valence-electron chi connectivity index (χ4n) is 1.32. The van der Waals surface area contributed by atoms with Gasteiger partial charge >= 0.3 is 0 Å². The fraction of sp³-hybridized carbons (Fsp3) is 0.400. The van der Waals surface area contributed by atoms with E-state index in [1.807, 2.05) is 0 Å². The van der Waals surface area contributed by atoms with Crippen LogP contribution in [0.25, 0.3) is 0 Å². The molecule has 0 bridgehead atoms. The monoisotopic (exact) mass is 204 g/mol. The van der Waals surface area contributed by atoms with E-state index in [2.05, 4.69) is 0 Å². The summed E-state index contributed by atoms with van der Waals surface area (Å²) in [6.45, 7) is 3.28. The first-order valence-corrected chi connectivity index (χ1v) is 4.20. The van der Waals surface area contributed by atoms with Crippen molar-refractivity contribution in [3.05, 3.63) is 29.1 Å². The lowest BCUT2D eigenvalue weighted by Crippen LogP contribution is -2.03. The van der Waals surface area contributed by atoms with Gasteiger partial charge in [-0.15, -0.1) is 0 Å². The van der Waals surface area contributed by atoms with Gasteiger partial charge in [0.05, 0.1) is 7.11 Å². The first-order chi connectivity index (χ1) is 6.49. The number of halogens is 3. The van der Waals surface area contributed by atoms with Gasteiger partial charge in [-0.1, -0.05) is 13.8 Å². The zero-order valence-electron chi connectivity index (χ0n) is 8.20. The maximum atomic E-state index is 13.3. The first kappa shape index (κ1) is 10.9. The van der Waals surface area contributed by atoms with Gasteiger partial charge in [-0.3, -0.25) is 0 Å². The van der Waals surface area contributed by atoms with Gasteiger partial charge < -0.3 is 4.74 Å². The minimum atomic E-state index is -1.19. The molecule has 0 unspecified atom stereocenters. The molecule has 0 atom stereocenters. The molecule has 14 heavy (non-hydrogen) atoms. The summed E-state index contributed by atoms with van der Waals surface area (Å²) in [6.07, 6.45) is 0. The highest BCUT2D eigenvalue weighted by molar-refractivity contribution is 5.39. The van der Waals surface area contributed by atoms with Gasteiger partial charge in [0.25, 0.3) is 0 Å². The standard InChI is InChI=1S/C10H11F3O/c1-5(2)8-9(13)6(11)4-7(12)10(8)14-3/h4-5H,1-3H3. The van der Waals surface area contributed by atoms with Gasteiger partial charge in [0.2, 0.25) is 0 Å². The maximum Gasteiger partial charge on any atom is 0.168 e. The molecule has 0 N–H and O–H groups in total. The Balaban J connectivity index is 3.48. The average Bonchev–Trinajstić information content (AvgIpc) is 2.10. The number of hydrogen-bond donors (Lipinski definition) is 0. The third-order valence-corrected chi connectivity index (χ3v) is 1.94. The van der Waals surface area contributed by atoms with Crippen LogP contribution in [0.3, 0.4) is 0 Å². The van der Waals surface area contributed by atoms with Crippen LogP contribution in [0.1, 0.15) is 25.3 Å². The average molecular weight is 204 g/mol. The summed E-state index contributed by atoms with van der Waals surface area (Å²) in [6, 6.07) is 0.486. The van der Waals surface area contributed by atoms with E-state index in [9.17, 15) is 13.2 Å².